The minimum absolute atomic E-state index is 0.305. The maximum absolute atomic E-state index is 5.79. The van der Waals surface area contributed by atoms with Crippen molar-refractivity contribution in [2.24, 2.45) is 0 Å². The number of methoxy groups -OCH3 is 1. The molecule has 0 fully saturated rings. The second kappa shape index (κ2) is 5.68. The molecule has 2 aromatic rings. The van der Waals surface area contributed by atoms with E-state index in [1.165, 1.54) is 16.9 Å². The van der Waals surface area contributed by atoms with E-state index in [1.807, 2.05) is 18.3 Å². The van der Waals surface area contributed by atoms with Crippen LogP contribution in [0.2, 0.25) is 0 Å². The summed E-state index contributed by atoms with van der Waals surface area (Å²) in [4.78, 5) is 5.19. The van der Waals surface area contributed by atoms with Gasteiger partial charge in [-0.3, -0.25) is 0 Å². The van der Waals surface area contributed by atoms with Crippen molar-refractivity contribution in [3.63, 3.8) is 0 Å². The van der Waals surface area contributed by atoms with Gasteiger partial charge in [-0.25, -0.2) is 4.98 Å². The van der Waals surface area contributed by atoms with Crippen molar-refractivity contribution < 1.29 is 9.47 Å². The molecule has 1 atom stereocenters. The van der Waals surface area contributed by atoms with Crippen molar-refractivity contribution >= 4 is 16.5 Å². The van der Waals surface area contributed by atoms with Crippen LogP contribution in [0.25, 0.3) is 0 Å². The highest BCUT2D eigenvalue weighted by Crippen LogP contribution is 2.29. The van der Waals surface area contributed by atoms with Crippen LogP contribution in [0.3, 0.4) is 0 Å². The fourth-order valence-corrected chi connectivity index (χ4v) is 2.89. The fraction of sp³-hybridized carbons (Fsp3) is 0.357. The van der Waals surface area contributed by atoms with Crippen LogP contribution < -0.4 is 20.5 Å². The molecule has 5 nitrogen and oxygen atoms in total. The maximum atomic E-state index is 5.79. The Kier molecular flexibility index (Phi) is 3.75. The summed E-state index contributed by atoms with van der Waals surface area (Å²) in [6, 6.07) is 6.27. The van der Waals surface area contributed by atoms with Crippen LogP contribution in [0.4, 0.5) is 5.13 Å². The number of nitrogens with one attached hydrogen (secondary N) is 1. The van der Waals surface area contributed by atoms with Crippen LogP contribution in [-0.4, -0.2) is 24.7 Å². The first-order valence-corrected chi connectivity index (χ1v) is 7.29. The van der Waals surface area contributed by atoms with Gasteiger partial charge in [0.2, 0.25) is 0 Å². The number of aromatic nitrogens is 1. The average molecular weight is 291 g/mol. The smallest absolute Gasteiger partial charge is 0.180 e. The minimum atomic E-state index is 0.305. The zero-order chi connectivity index (χ0) is 13.9. The largest absolute Gasteiger partial charge is 0.497 e. The Balaban J connectivity index is 1.61. The summed E-state index contributed by atoms with van der Waals surface area (Å²) in [5.74, 6) is 1.75. The molecule has 0 amide bonds. The standard InChI is InChI=1S/C14H17N3O2S/c1-18-11-3-2-9-4-10(8-19-13(9)5-11)16-6-12-7-17-14(15)20-12/h2-3,5,7,10,16H,4,6,8H2,1H3,(H2,15,17). The maximum Gasteiger partial charge on any atom is 0.180 e. The van der Waals surface area contributed by atoms with E-state index < -0.39 is 0 Å². The molecule has 1 aliphatic rings. The molecule has 106 valence electrons. The Bertz CT molecular complexity index is 600. The summed E-state index contributed by atoms with van der Waals surface area (Å²) in [6.45, 7) is 1.43. The van der Waals surface area contributed by atoms with Gasteiger partial charge in [0.05, 0.1) is 7.11 Å². The number of thiazole rings is 1. The number of nitrogen functional groups attached to an aromatic ring is 1. The van der Waals surface area contributed by atoms with Crippen molar-refractivity contribution in [1.82, 2.24) is 10.3 Å². The zero-order valence-electron chi connectivity index (χ0n) is 11.3. The van der Waals surface area contributed by atoms with Gasteiger partial charge in [0.25, 0.3) is 0 Å². The van der Waals surface area contributed by atoms with Gasteiger partial charge in [0, 0.05) is 29.7 Å². The number of benzene rings is 1. The molecule has 2 heterocycles. The summed E-state index contributed by atoms with van der Waals surface area (Å²) in [7, 11) is 1.66. The number of rotatable bonds is 4. The predicted octanol–water partition coefficient (Wildman–Crippen LogP) is 1.83. The SMILES string of the molecule is COc1ccc2c(c1)OCC(NCc1cnc(N)s1)C2. The Labute approximate surface area is 121 Å². The van der Waals surface area contributed by atoms with Gasteiger partial charge in [-0.2, -0.15) is 0 Å². The molecule has 0 saturated carbocycles. The monoisotopic (exact) mass is 291 g/mol. The lowest BCUT2D eigenvalue weighted by molar-refractivity contribution is 0.237. The van der Waals surface area contributed by atoms with Gasteiger partial charge in [-0.05, 0) is 18.1 Å². The van der Waals surface area contributed by atoms with Gasteiger partial charge in [0.15, 0.2) is 5.13 Å². The second-order valence-electron chi connectivity index (χ2n) is 4.73. The number of hydrogen-bond donors (Lipinski definition) is 2. The molecular formula is C14H17N3O2S. The third-order valence-corrected chi connectivity index (χ3v) is 4.14. The van der Waals surface area contributed by atoms with Crippen LogP contribution >= 0.6 is 11.3 Å². The highest BCUT2D eigenvalue weighted by molar-refractivity contribution is 7.15. The summed E-state index contributed by atoms with van der Waals surface area (Å²) < 4.78 is 11.0. The molecule has 0 spiro atoms. The highest BCUT2D eigenvalue weighted by atomic mass is 32.1. The molecule has 6 heteroatoms. The molecule has 1 unspecified atom stereocenters. The molecule has 0 radical (unpaired) electrons. The van der Waals surface area contributed by atoms with Gasteiger partial charge >= 0.3 is 0 Å². The Morgan fingerprint density at radius 3 is 3.20 bits per heavy atom. The first-order chi connectivity index (χ1) is 9.74. The molecule has 1 aromatic carbocycles. The van der Waals surface area contributed by atoms with Crippen LogP contribution in [0.15, 0.2) is 24.4 Å². The fourth-order valence-electron chi connectivity index (χ4n) is 2.26. The highest BCUT2D eigenvalue weighted by Gasteiger charge is 2.20. The van der Waals surface area contributed by atoms with Crippen molar-refractivity contribution in [2.75, 3.05) is 19.5 Å². The third kappa shape index (κ3) is 2.86. The van der Waals surface area contributed by atoms with E-state index in [1.54, 1.807) is 7.11 Å². The lowest BCUT2D eigenvalue weighted by atomic mass is 10.0. The van der Waals surface area contributed by atoms with Crippen molar-refractivity contribution in [1.29, 1.82) is 0 Å². The molecule has 3 N–H and O–H groups in total. The van der Waals surface area contributed by atoms with E-state index in [4.69, 9.17) is 15.2 Å². The van der Waals surface area contributed by atoms with Gasteiger partial charge in [0.1, 0.15) is 18.1 Å². The number of nitrogens with two attached hydrogens (primary N) is 1. The minimum Gasteiger partial charge on any atom is -0.497 e. The predicted molar refractivity (Wildman–Crippen MR) is 79.3 cm³/mol. The van der Waals surface area contributed by atoms with Gasteiger partial charge in [-0.1, -0.05) is 6.07 Å². The van der Waals surface area contributed by atoms with Crippen molar-refractivity contribution in [2.45, 2.75) is 19.0 Å². The van der Waals surface area contributed by atoms with Crippen LogP contribution in [0, 0.1) is 0 Å². The number of anilines is 1. The molecule has 20 heavy (non-hydrogen) atoms. The zero-order valence-corrected chi connectivity index (χ0v) is 12.1. The molecule has 0 bridgehead atoms. The molecule has 1 aliphatic heterocycles. The van der Waals surface area contributed by atoms with Gasteiger partial charge < -0.3 is 20.5 Å². The lowest BCUT2D eigenvalue weighted by Gasteiger charge is -2.26. The molecule has 3 rings (SSSR count). The van der Waals surface area contributed by atoms with Crippen LogP contribution in [0.1, 0.15) is 10.4 Å². The van der Waals surface area contributed by atoms with E-state index in [-0.39, 0.29) is 0 Å². The van der Waals surface area contributed by atoms with Crippen molar-refractivity contribution in [3.8, 4) is 11.5 Å². The number of fused-ring (bicyclic) bond motifs is 1. The normalized spacial score (nSPS) is 17.4. The quantitative estimate of drug-likeness (QED) is 0.899. The van der Waals surface area contributed by atoms with Crippen molar-refractivity contribution in [3.05, 3.63) is 34.8 Å². The summed E-state index contributed by atoms with van der Waals surface area (Å²) in [6.07, 6.45) is 2.77. The third-order valence-electron chi connectivity index (χ3n) is 3.32. The summed E-state index contributed by atoms with van der Waals surface area (Å²) >= 11 is 1.51. The topological polar surface area (TPSA) is 69.4 Å². The number of hydrogen-bond acceptors (Lipinski definition) is 6. The molecule has 1 aromatic heterocycles. The number of ether oxygens (including phenoxy) is 2. The van der Waals surface area contributed by atoms with Crippen LogP contribution in [-0.2, 0) is 13.0 Å². The Hall–Kier alpha value is -1.79. The van der Waals surface area contributed by atoms with E-state index in [2.05, 4.69) is 16.4 Å². The Morgan fingerprint density at radius 2 is 2.45 bits per heavy atom. The number of nitrogens with zero attached hydrogens (tertiary/aromatic N) is 1. The van der Waals surface area contributed by atoms with E-state index in [9.17, 15) is 0 Å². The molecular weight excluding hydrogens is 274 g/mol. The first kappa shape index (κ1) is 13.2. The summed E-state index contributed by atoms with van der Waals surface area (Å²) in [5.41, 5.74) is 6.83. The van der Waals surface area contributed by atoms with E-state index in [0.717, 1.165) is 29.3 Å². The van der Waals surface area contributed by atoms with E-state index in [0.29, 0.717) is 17.8 Å². The van der Waals surface area contributed by atoms with Crippen LogP contribution in [0.5, 0.6) is 11.5 Å². The second-order valence-corrected chi connectivity index (χ2v) is 5.88. The lowest BCUT2D eigenvalue weighted by Crippen LogP contribution is -2.38. The first-order valence-electron chi connectivity index (χ1n) is 6.48. The molecule has 0 aliphatic carbocycles. The summed E-state index contributed by atoms with van der Waals surface area (Å²) in [5, 5.41) is 4.09. The van der Waals surface area contributed by atoms with E-state index >= 15 is 0 Å². The molecule has 0 saturated heterocycles. The average Bonchev–Trinajstić information content (AvgIpc) is 2.90. The van der Waals surface area contributed by atoms with Gasteiger partial charge in [-0.15, -0.1) is 11.3 Å². The Morgan fingerprint density at radius 1 is 1.55 bits per heavy atom.